The Balaban J connectivity index is 2.25. The van der Waals surface area contributed by atoms with Crippen LogP contribution in [0, 0.1) is 0 Å². The minimum atomic E-state index is -0.0710. The minimum Gasteiger partial charge on any atom is -0.507 e. The van der Waals surface area contributed by atoms with Crippen LogP contribution in [-0.4, -0.2) is 21.5 Å². The zero-order chi connectivity index (χ0) is 15.9. The molecule has 0 saturated carbocycles. The average molecular weight is 295 g/mol. The monoisotopic (exact) mass is 295 g/mol. The van der Waals surface area contributed by atoms with E-state index in [0.29, 0.717) is 23.7 Å². The van der Waals surface area contributed by atoms with Crippen molar-refractivity contribution in [2.24, 2.45) is 0 Å². The van der Waals surface area contributed by atoms with Crippen molar-refractivity contribution in [3.8, 4) is 11.5 Å². The van der Waals surface area contributed by atoms with Crippen molar-refractivity contribution < 1.29 is 15.0 Å². The highest BCUT2D eigenvalue weighted by Crippen LogP contribution is 2.36. The van der Waals surface area contributed by atoms with E-state index in [2.05, 4.69) is 11.1 Å². The Bertz CT molecular complexity index is 915. The molecule has 0 amide bonds. The van der Waals surface area contributed by atoms with Crippen molar-refractivity contribution in [2.75, 3.05) is 0 Å². The SMILES string of the molecule is CC(C)=CCc1ccc2c([nH]c3cc(O)c(C=O)cc32)c1O. The van der Waals surface area contributed by atoms with E-state index in [1.165, 1.54) is 11.6 Å². The van der Waals surface area contributed by atoms with Crippen LogP contribution in [0.5, 0.6) is 11.5 Å². The fraction of sp³-hybridized carbons (Fsp3) is 0.167. The number of rotatable bonds is 3. The summed E-state index contributed by atoms with van der Waals surface area (Å²) in [6.07, 6.45) is 3.33. The van der Waals surface area contributed by atoms with E-state index in [4.69, 9.17) is 0 Å². The molecule has 0 aliphatic rings. The number of phenols is 2. The van der Waals surface area contributed by atoms with Gasteiger partial charge < -0.3 is 15.2 Å². The van der Waals surface area contributed by atoms with Crippen LogP contribution in [0.2, 0.25) is 0 Å². The molecule has 3 rings (SSSR count). The fourth-order valence-electron chi connectivity index (χ4n) is 2.62. The summed E-state index contributed by atoms with van der Waals surface area (Å²) in [5.74, 6) is 0.136. The summed E-state index contributed by atoms with van der Waals surface area (Å²) in [7, 11) is 0. The lowest BCUT2D eigenvalue weighted by molar-refractivity contribution is 0.112. The topological polar surface area (TPSA) is 73.3 Å². The van der Waals surface area contributed by atoms with E-state index in [0.717, 1.165) is 16.3 Å². The number of aromatic nitrogens is 1. The lowest BCUT2D eigenvalue weighted by Gasteiger charge is -2.03. The number of allylic oxidation sites excluding steroid dienone is 2. The molecule has 0 saturated heterocycles. The van der Waals surface area contributed by atoms with Gasteiger partial charge in [0.05, 0.1) is 16.6 Å². The van der Waals surface area contributed by atoms with E-state index in [1.807, 2.05) is 26.0 Å². The van der Waals surface area contributed by atoms with Gasteiger partial charge in [-0.05, 0) is 31.9 Å². The first-order valence-electron chi connectivity index (χ1n) is 7.09. The molecule has 0 radical (unpaired) electrons. The third-order valence-corrected chi connectivity index (χ3v) is 3.84. The molecule has 4 nitrogen and oxygen atoms in total. The van der Waals surface area contributed by atoms with Crippen LogP contribution in [0.4, 0.5) is 0 Å². The number of aromatic hydroxyl groups is 2. The first-order valence-corrected chi connectivity index (χ1v) is 7.09. The molecule has 0 unspecified atom stereocenters. The largest absolute Gasteiger partial charge is 0.507 e. The lowest BCUT2D eigenvalue weighted by Crippen LogP contribution is -1.84. The Morgan fingerprint density at radius 2 is 1.95 bits per heavy atom. The van der Waals surface area contributed by atoms with E-state index in [-0.39, 0.29) is 17.1 Å². The van der Waals surface area contributed by atoms with Crippen molar-refractivity contribution >= 4 is 28.1 Å². The molecular weight excluding hydrogens is 278 g/mol. The average Bonchev–Trinajstić information content (AvgIpc) is 2.83. The summed E-state index contributed by atoms with van der Waals surface area (Å²) in [5.41, 5.74) is 3.57. The van der Waals surface area contributed by atoms with Gasteiger partial charge in [0.1, 0.15) is 11.5 Å². The third kappa shape index (κ3) is 2.22. The standard InChI is InChI=1S/C18H17NO3/c1-10(2)3-4-11-5-6-13-14-7-12(9-20)16(21)8-15(14)19-17(13)18(11)22/h3,5-9,19,21-22H,4H2,1-2H3. The summed E-state index contributed by atoms with van der Waals surface area (Å²) in [4.78, 5) is 14.1. The number of aldehydes is 1. The highest BCUT2D eigenvalue weighted by atomic mass is 16.3. The molecule has 4 heteroatoms. The Morgan fingerprint density at radius 1 is 1.18 bits per heavy atom. The molecule has 0 fully saturated rings. The third-order valence-electron chi connectivity index (χ3n) is 3.84. The second kappa shape index (κ2) is 5.22. The van der Waals surface area contributed by atoms with Gasteiger partial charge in [-0.15, -0.1) is 0 Å². The molecular formula is C18H17NO3. The number of benzene rings is 2. The van der Waals surface area contributed by atoms with Crippen LogP contribution in [-0.2, 0) is 6.42 Å². The number of nitrogens with one attached hydrogen (secondary N) is 1. The number of carbonyl (C=O) groups excluding carboxylic acids is 1. The predicted molar refractivity (Wildman–Crippen MR) is 87.7 cm³/mol. The van der Waals surface area contributed by atoms with Crippen LogP contribution in [0.15, 0.2) is 35.9 Å². The molecule has 3 aromatic rings. The number of aromatic amines is 1. The molecule has 1 heterocycles. The van der Waals surface area contributed by atoms with Crippen molar-refractivity contribution in [3.63, 3.8) is 0 Å². The maximum Gasteiger partial charge on any atom is 0.153 e. The van der Waals surface area contributed by atoms with Gasteiger partial charge in [0.2, 0.25) is 0 Å². The zero-order valence-electron chi connectivity index (χ0n) is 12.5. The number of hydrogen-bond acceptors (Lipinski definition) is 3. The molecule has 0 aliphatic heterocycles. The Labute approximate surface area is 127 Å². The van der Waals surface area contributed by atoms with Crippen LogP contribution < -0.4 is 0 Å². The first kappa shape index (κ1) is 14.2. The van der Waals surface area contributed by atoms with Crippen molar-refractivity contribution in [2.45, 2.75) is 20.3 Å². The molecule has 0 spiro atoms. The quantitative estimate of drug-likeness (QED) is 0.504. The molecule has 0 aliphatic carbocycles. The van der Waals surface area contributed by atoms with Crippen LogP contribution in [0.25, 0.3) is 21.8 Å². The van der Waals surface area contributed by atoms with Gasteiger partial charge in [0.25, 0.3) is 0 Å². The van der Waals surface area contributed by atoms with Crippen molar-refractivity contribution in [1.82, 2.24) is 4.98 Å². The van der Waals surface area contributed by atoms with E-state index in [9.17, 15) is 15.0 Å². The summed E-state index contributed by atoms with van der Waals surface area (Å²) < 4.78 is 0. The van der Waals surface area contributed by atoms with Gasteiger partial charge in [0, 0.05) is 16.8 Å². The minimum absolute atomic E-state index is 0.0710. The normalized spacial score (nSPS) is 11.0. The molecule has 2 aromatic carbocycles. The number of carbonyl (C=O) groups is 1. The van der Waals surface area contributed by atoms with Crippen LogP contribution in [0.3, 0.4) is 0 Å². The van der Waals surface area contributed by atoms with Crippen LogP contribution in [0.1, 0.15) is 29.8 Å². The van der Waals surface area contributed by atoms with Gasteiger partial charge in [-0.1, -0.05) is 23.8 Å². The number of fused-ring (bicyclic) bond motifs is 3. The maximum atomic E-state index is 11.0. The number of H-pyrrole nitrogens is 1. The molecule has 0 bridgehead atoms. The first-order chi connectivity index (χ1) is 10.5. The van der Waals surface area contributed by atoms with E-state index < -0.39 is 0 Å². The van der Waals surface area contributed by atoms with Crippen LogP contribution >= 0.6 is 0 Å². The Morgan fingerprint density at radius 3 is 2.64 bits per heavy atom. The van der Waals surface area contributed by atoms with E-state index in [1.54, 1.807) is 6.07 Å². The van der Waals surface area contributed by atoms with E-state index >= 15 is 0 Å². The molecule has 3 N–H and O–H groups in total. The number of phenolic OH excluding ortho intramolecular Hbond substituents is 2. The van der Waals surface area contributed by atoms with Gasteiger partial charge in [0.15, 0.2) is 6.29 Å². The van der Waals surface area contributed by atoms with Crippen molar-refractivity contribution in [1.29, 1.82) is 0 Å². The van der Waals surface area contributed by atoms with Crippen molar-refractivity contribution in [3.05, 3.63) is 47.0 Å². The fourth-order valence-corrected chi connectivity index (χ4v) is 2.62. The van der Waals surface area contributed by atoms with Gasteiger partial charge in [-0.3, -0.25) is 4.79 Å². The van der Waals surface area contributed by atoms with Gasteiger partial charge >= 0.3 is 0 Å². The highest BCUT2D eigenvalue weighted by Gasteiger charge is 2.13. The second-order valence-corrected chi connectivity index (χ2v) is 5.68. The summed E-state index contributed by atoms with van der Waals surface area (Å²) in [6, 6.07) is 6.95. The number of hydrogen-bond donors (Lipinski definition) is 3. The summed E-state index contributed by atoms with van der Waals surface area (Å²) in [5, 5.41) is 21.9. The Kier molecular flexibility index (Phi) is 3.37. The summed E-state index contributed by atoms with van der Waals surface area (Å²) in [6.45, 7) is 4.03. The smallest absolute Gasteiger partial charge is 0.153 e. The lowest BCUT2D eigenvalue weighted by atomic mass is 10.0. The maximum absolute atomic E-state index is 11.0. The predicted octanol–water partition coefficient (Wildman–Crippen LogP) is 4.05. The molecule has 22 heavy (non-hydrogen) atoms. The Hall–Kier alpha value is -2.75. The second-order valence-electron chi connectivity index (χ2n) is 5.68. The zero-order valence-corrected chi connectivity index (χ0v) is 12.5. The molecule has 1 aromatic heterocycles. The summed E-state index contributed by atoms with van der Waals surface area (Å²) >= 11 is 0. The molecule has 112 valence electrons. The van der Waals surface area contributed by atoms with Gasteiger partial charge in [-0.25, -0.2) is 0 Å². The molecule has 0 atom stereocenters. The van der Waals surface area contributed by atoms with Gasteiger partial charge in [-0.2, -0.15) is 0 Å². The highest BCUT2D eigenvalue weighted by molar-refractivity contribution is 6.11.